The van der Waals surface area contributed by atoms with Gasteiger partial charge in [0.1, 0.15) is 0 Å². The molecule has 1 rings (SSSR count). The van der Waals surface area contributed by atoms with Gasteiger partial charge in [0.15, 0.2) is 0 Å². The highest BCUT2D eigenvalue weighted by molar-refractivity contribution is 5.65. The standard InChI is InChI=1S/C9H18N2O2/c1-8(2)7-10-3-5-11(6-4-10)9(12)13/h8H,3-7H2,1-2H3,(H,12,13). The van der Waals surface area contributed by atoms with E-state index in [0.29, 0.717) is 19.0 Å². The molecule has 0 bridgehead atoms. The Morgan fingerprint density at radius 1 is 1.31 bits per heavy atom. The lowest BCUT2D eigenvalue weighted by Crippen LogP contribution is -2.49. The number of piperazine rings is 1. The van der Waals surface area contributed by atoms with Crippen molar-refractivity contribution >= 4 is 6.09 Å². The van der Waals surface area contributed by atoms with E-state index in [1.54, 1.807) is 0 Å². The van der Waals surface area contributed by atoms with E-state index in [2.05, 4.69) is 18.7 Å². The third-order valence-corrected chi connectivity index (χ3v) is 2.27. The van der Waals surface area contributed by atoms with Gasteiger partial charge < -0.3 is 10.0 Å². The van der Waals surface area contributed by atoms with Crippen molar-refractivity contribution in [1.82, 2.24) is 9.80 Å². The molecule has 1 aliphatic rings. The smallest absolute Gasteiger partial charge is 0.407 e. The van der Waals surface area contributed by atoms with E-state index in [9.17, 15) is 4.79 Å². The molecule has 0 aliphatic carbocycles. The molecular weight excluding hydrogens is 168 g/mol. The molecule has 0 saturated carbocycles. The van der Waals surface area contributed by atoms with Gasteiger partial charge in [0.2, 0.25) is 0 Å². The van der Waals surface area contributed by atoms with Gasteiger partial charge in [-0.25, -0.2) is 4.79 Å². The molecule has 4 heteroatoms. The van der Waals surface area contributed by atoms with Crippen molar-refractivity contribution in [2.24, 2.45) is 5.92 Å². The summed E-state index contributed by atoms with van der Waals surface area (Å²) in [7, 11) is 0. The molecule has 0 aromatic carbocycles. The van der Waals surface area contributed by atoms with Crippen molar-refractivity contribution in [3.05, 3.63) is 0 Å². The van der Waals surface area contributed by atoms with E-state index < -0.39 is 6.09 Å². The Labute approximate surface area is 79.1 Å². The van der Waals surface area contributed by atoms with Crippen molar-refractivity contribution in [1.29, 1.82) is 0 Å². The second kappa shape index (κ2) is 4.46. The van der Waals surface area contributed by atoms with Gasteiger partial charge in [-0.3, -0.25) is 4.90 Å². The number of carbonyl (C=O) groups is 1. The Bertz CT molecular complexity index is 174. The maximum absolute atomic E-state index is 10.6. The number of nitrogens with zero attached hydrogens (tertiary/aromatic N) is 2. The van der Waals surface area contributed by atoms with Gasteiger partial charge in [-0.2, -0.15) is 0 Å². The lowest BCUT2D eigenvalue weighted by atomic mass is 10.2. The van der Waals surface area contributed by atoms with Crippen molar-refractivity contribution in [3.8, 4) is 0 Å². The Balaban J connectivity index is 2.26. The maximum atomic E-state index is 10.6. The van der Waals surface area contributed by atoms with Gasteiger partial charge in [-0.1, -0.05) is 13.8 Å². The van der Waals surface area contributed by atoms with Crippen LogP contribution >= 0.6 is 0 Å². The largest absolute Gasteiger partial charge is 0.465 e. The van der Waals surface area contributed by atoms with E-state index in [1.807, 2.05) is 0 Å². The Hall–Kier alpha value is -0.770. The van der Waals surface area contributed by atoms with Gasteiger partial charge in [-0.05, 0) is 5.92 Å². The molecule has 76 valence electrons. The Morgan fingerprint density at radius 3 is 2.23 bits per heavy atom. The Kier molecular flexibility index (Phi) is 3.54. The molecule has 1 aliphatic heterocycles. The average molecular weight is 186 g/mol. The fourth-order valence-electron chi connectivity index (χ4n) is 1.64. The highest BCUT2D eigenvalue weighted by Gasteiger charge is 2.20. The number of rotatable bonds is 2. The highest BCUT2D eigenvalue weighted by atomic mass is 16.4. The maximum Gasteiger partial charge on any atom is 0.407 e. The summed E-state index contributed by atoms with van der Waals surface area (Å²) in [5.74, 6) is 0.663. The van der Waals surface area contributed by atoms with Crippen LogP contribution in [0.25, 0.3) is 0 Å². The summed E-state index contributed by atoms with van der Waals surface area (Å²) in [5.41, 5.74) is 0. The second-order valence-corrected chi connectivity index (χ2v) is 3.96. The average Bonchev–Trinajstić information content (AvgIpc) is 2.04. The number of hydrogen-bond acceptors (Lipinski definition) is 2. The van der Waals surface area contributed by atoms with E-state index in [-0.39, 0.29) is 0 Å². The second-order valence-electron chi connectivity index (χ2n) is 3.96. The highest BCUT2D eigenvalue weighted by Crippen LogP contribution is 2.04. The van der Waals surface area contributed by atoms with Gasteiger partial charge in [0.25, 0.3) is 0 Å². The first kappa shape index (κ1) is 10.3. The third kappa shape index (κ3) is 3.22. The fourth-order valence-corrected chi connectivity index (χ4v) is 1.64. The normalized spacial score (nSPS) is 19.5. The minimum atomic E-state index is -0.788. The topological polar surface area (TPSA) is 43.8 Å². The summed E-state index contributed by atoms with van der Waals surface area (Å²) in [6.45, 7) is 8.51. The van der Waals surface area contributed by atoms with E-state index in [4.69, 9.17) is 5.11 Å². The SMILES string of the molecule is CC(C)CN1CCN(C(=O)O)CC1. The van der Waals surface area contributed by atoms with E-state index in [1.165, 1.54) is 4.90 Å². The van der Waals surface area contributed by atoms with Crippen molar-refractivity contribution < 1.29 is 9.90 Å². The summed E-state index contributed by atoms with van der Waals surface area (Å²) >= 11 is 0. The zero-order valence-electron chi connectivity index (χ0n) is 8.36. The van der Waals surface area contributed by atoms with Gasteiger partial charge in [0.05, 0.1) is 0 Å². The van der Waals surface area contributed by atoms with Crippen LogP contribution in [0.5, 0.6) is 0 Å². The van der Waals surface area contributed by atoms with Crippen LogP contribution in [0.1, 0.15) is 13.8 Å². The lowest BCUT2D eigenvalue weighted by Gasteiger charge is -2.33. The molecule has 1 heterocycles. The van der Waals surface area contributed by atoms with Crippen LogP contribution in [0, 0.1) is 5.92 Å². The first-order chi connectivity index (χ1) is 6.09. The minimum absolute atomic E-state index is 0.655. The molecule has 1 saturated heterocycles. The third-order valence-electron chi connectivity index (χ3n) is 2.27. The molecule has 13 heavy (non-hydrogen) atoms. The molecule has 0 spiro atoms. The summed E-state index contributed by atoms with van der Waals surface area (Å²) in [4.78, 5) is 14.4. The molecule has 0 unspecified atom stereocenters. The zero-order chi connectivity index (χ0) is 9.84. The van der Waals surface area contributed by atoms with Crippen molar-refractivity contribution in [2.45, 2.75) is 13.8 Å². The molecule has 0 radical (unpaired) electrons. The molecule has 4 nitrogen and oxygen atoms in total. The Morgan fingerprint density at radius 2 is 1.85 bits per heavy atom. The minimum Gasteiger partial charge on any atom is -0.465 e. The van der Waals surface area contributed by atoms with Crippen LogP contribution < -0.4 is 0 Å². The summed E-state index contributed by atoms with van der Waals surface area (Å²) in [6, 6.07) is 0. The first-order valence-electron chi connectivity index (χ1n) is 4.80. The number of carboxylic acid groups (broad SMARTS) is 1. The van der Waals surface area contributed by atoms with Crippen LogP contribution in [-0.2, 0) is 0 Å². The lowest BCUT2D eigenvalue weighted by molar-refractivity contribution is 0.101. The predicted octanol–water partition coefficient (Wildman–Crippen LogP) is 0.938. The number of amides is 1. The van der Waals surface area contributed by atoms with Crippen LogP contribution in [0.4, 0.5) is 4.79 Å². The van der Waals surface area contributed by atoms with Crippen LogP contribution in [0.15, 0.2) is 0 Å². The van der Waals surface area contributed by atoms with Gasteiger partial charge >= 0.3 is 6.09 Å². The molecule has 1 amide bonds. The van der Waals surface area contributed by atoms with Crippen LogP contribution in [0.3, 0.4) is 0 Å². The molecular formula is C9H18N2O2. The molecule has 0 atom stereocenters. The monoisotopic (exact) mass is 186 g/mol. The fraction of sp³-hybridized carbons (Fsp3) is 0.889. The summed E-state index contributed by atoms with van der Waals surface area (Å²) in [6.07, 6.45) is -0.788. The number of hydrogen-bond donors (Lipinski definition) is 1. The quantitative estimate of drug-likeness (QED) is 0.698. The molecule has 0 aromatic heterocycles. The van der Waals surface area contributed by atoms with Crippen LogP contribution in [-0.4, -0.2) is 53.7 Å². The van der Waals surface area contributed by atoms with E-state index >= 15 is 0 Å². The van der Waals surface area contributed by atoms with Crippen molar-refractivity contribution in [3.63, 3.8) is 0 Å². The predicted molar refractivity (Wildman–Crippen MR) is 50.9 cm³/mol. The van der Waals surface area contributed by atoms with E-state index in [0.717, 1.165) is 19.6 Å². The zero-order valence-corrected chi connectivity index (χ0v) is 8.36. The van der Waals surface area contributed by atoms with Gasteiger partial charge in [-0.15, -0.1) is 0 Å². The molecule has 0 aromatic rings. The summed E-state index contributed by atoms with van der Waals surface area (Å²) < 4.78 is 0. The van der Waals surface area contributed by atoms with Crippen molar-refractivity contribution in [2.75, 3.05) is 32.7 Å². The van der Waals surface area contributed by atoms with Gasteiger partial charge in [0, 0.05) is 32.7 Å². The van der Waals surface area contributed by atoms with Crippen LogP contribution in [0.2, 0.25) is 0 Å². The summed E-state index contributed by atoms with van der Waals surface area (Å²) in [5, 5.41) is 8.71. The molecule has 1 N–H and O–H groups in total. The first-order valence-corrected chi connectivity index (χ1v) is 4.80. The molecule has 1 fully saturated rings.